The van der Waals surface area contributed by atoms with E-state index >= 15 is 0 Å². The molecule has 0 amide bonds. The molecule has 0 aliphatic heterocycles. The maximum Gasteiger partial charge on any atom is 0.160 e. The van der Waals surface area contributed by atoms with E-state index in [1.54, 1.807) is 0 Å². The third-order valence-electron chi connectivity index (χ3n) is 12.0. The predicted molar refractivity (Wildman–Crippen MR) is 248 cm³/mol. The molecule has 12 rings (SSSR count). The quantitative estimate of drug-likeness (QED) is 0.164. The summed E-state index contributed by atoms with van der Waals surface area (Å²) in [5, 5.41) is 12.0. The minimum Gasteiger partial charge on any atom is -0.309 e. The topological polar surface area (TPSA) is 30.7 Å². The normalized spacial score (nSPS) is 11.7. The Morgan fingerprint density at radius 1 is 0.288 bits per heavy atom. The molecule has 3 heteroatoms. The molecule has 0 saturated heterocycles. The molecule has 0 aliphatic carbocycles. The molecule has 0 unspecified atom stereocenters. The summed E-state index contributed by atoms with van der Waals surface area (Å²) >= 11 is 0. The van der Waals surface area contributed by atoms with Gasteiger partial charge in [-0.1, -0.05) is 170 Å². The van der Waals surface area contributed by atoms with Crippen molar-refractivity contribution in [3.05, 3.63) is 212 Å². The SMILES string of the molecule is c1ccc2c(-c3cc(-c4c5ccccc5cc5ccccc45)nc(-c4ccc(-c5ccc(-n6c7ccccc7c7ccccc76)cc5)cc4)n3)c3ccccc3cc2c1. The summed E-state index contributed by atoms with van der Waals surface area (Å²) < 4.78 is 2.36. The van der Waals surface area contributed by atoms with Crippen LogP contribution < -0.4 is 0 Å². The van der Waals surface area contributed by atoms with Gasteiger partial charge in [0.15, 0.2) is 5.82 Å². The molecule has 274 valence electrons. The molecular weight excluding hydrogens is 715 g/mol. The molecule has 0 fully saturated rings. The predicted octanol–water partition coefficient (Wildman–Crippen LogP) is 14.9. The van der Waals surface area contributed by atoms with Gasteiger partial charge in [0.1, 0.15) is 0 Å². The number of fused-ring (bicyclic) bond motifs is 7. The average Bonchev–Trinajstić information content (AvgIpc) is 3.64. The summed E-state index contributed by atoms with van der Waals surface area (Å²) in [7, 11) is 0. The third-order valence-corrected chi connectivity index (χ3v) is 12.0. The summed E-state index contributed by atoms with van der Waals surface area (Å²) in [6, 6.07) is 76.3. The van der Waals surface area contributed by atoms with Crippen LogP contribution in [0.1, 0.15) is 0 Å². The lowest BCUT2D eigenvalue weighted by molar-refractivity contribution is 1.18. The lowest BCUT2D eigenvalue weighted by Crippen LogP contribution is -1.98. The van der Waals surface area contributed by atoms with E-state index in [0.29, 0.717) is 5.82 Å². The van der Waals surface area contributed by atoms with Crippen molar-refractivity contribution in [1.82, 2.24) is 14.5 Å². The van der Waals surface area contributed by atoms with Crippen molar-refractivity contribution in [3.63, 3.8) is 0 Å². The van der Waals surface area contributed by atoms with E-state index in [1.807, 2.05) is 0 Å². The molecule has 3 nitrogen and oxygen atoms in total. The second-order valence-electron chi connectivity index (χ2n) is 15.3. The van der Waals surface area contributed by atoms with Crippen LogP contribution in [0.4, 0.5) is 0 Å². The largest absolute Gasteiger partial charge is 0.309 e. The van der Waals surface area contributed by atoms with Crippen molar-refractivity contribution >= 4 is 64.9 Å². The Balaban J connectivity index is 1.02. The zero-order chi connectivity index (χ0) is 38.9. The monoisotopic (exact) mass is 749 g/mol. The van der Waals surface area contributed by atoms with E-state index in [2.05, 4.69) is 217 Å². The highest BCUT2D eigenvalue weighted by molar-refractivity contribution is 6.15. The van der Waals surface area contributed by atoms with Crippen molar-refractivity contribution in [2.75, 3.05) is 0 Å². The molecule has 2 heterocycles. The number of rotatable bonds is 5. The highest BCUT2D eigenvalue weighted by atomic mass is 15.0. The zero-order valence-corrected chi connectivity index (χ0v) is 32.0. The van der Waals surface area contributed by atoms with Gasteiger partial charge in [-0.15, -0.1) is 0 Å². The minimum atomic E-state index is 0.694. The van der Waals surface area contributed by atoms with E-state index < -0.39 is 0 Å². The molecule has 2 aromatic heterocycles. The molecule has 0 atom stereocenters. The summed E-state index contributed by atoms with van der Waals surface area (Å²) in [5.41, 5.74) is 10.9. The van der Waals surface area contributed by atoms with Gasteiger partial charge in [-0.3, -0.25) is 0 Å². The summed E-state index contributed by atoms with van der Waals surface area (Å²) in [5.74, 6) is 0.694. The van der Waals surface area contributed by atoms with Gasteiger partial charge in [0.05, 0.1) is 22.4 Å². The van der Waals surface area contributed by atoms with Crippen LogP contribution in [0.15, 0.2) is 212 Å². The number of benzene rings is 10. The van der Waals surface area contributed by atoms with Gasteiger partial charge in [0.2, 0.25) is 0 Å². The second kappa shape index (κ2) is 13.4. The van der Waals surface area contributed by atoms with E-state index in [0.717, 1.165) is 44.9 Å². The van der Waals surface area contributed by atoms with Crippen LogP contribution in [0.2, 0.25) is 0 Å². The van der Waals surface area contributed by atoms with Gasteiger partial charge in [0.25, 0.3) is 0 Å². The maximum atomic E-state index is 5.44. The first-order valence-corrected chi connectivity index (χ1v) is 20.2. The van der Waals surface area contributed by atoms with E-state index in [9.17, 15) is 0 Å². The minimum absolute atomic E-state index is 0.694. The molecule has 12 aromatic rings. The van der Waals surface area contributed by atoms with Crippen molar-refractivity contribution in [3.8, 4) is 50.7 Å². The molecule has 0 saturated carbocycles. The van der Waals surface area contributed by atoms with Crippen LogP contribution >= 0.6 is 0 Å². The standard InChI is InChI=1S/C56H35N3/c1-5-17-44-39(13-1)33-40-14-2-6-18-45(40)54(44)50-35-51(55-46-19-7-3-15-41(46)34-42-16-4-8-20-47(42)55)58-56(57-50)38-27-25-36(26-28-38)37-29-31-43(32-30-37)59-52-23-11-9-21-48(52)49-22-10-12-24-53(49)59/h1-35H. The van der Waals surface area contributed by atoms with Gasteiger partial charge in [-0.2, -0.15) is 0 Å². The van der Waals surface area contributed by atoms with Gasteiger partial charge in [-0.05, 0) is 96.7 Å². The van der Waals surface area contributed by atoms with Crippen LogP contribution in [0.3, 0.4) is 0 Å². The Morgan fingerprint density at radius 2 is 0.627 bits per heavy atom. The number of hydrogen-bond acceptors (Lipinski definition) is 2. The fourth-order valence-corrected chi connectivity index (χ4v) is 9.23. The Kier molecular flexibility index (Phi) is 7.54. The highest BCUT2D eigenvalue weighted by Crippen LogP contribution is 2.41. The molecule has 10 aromatic carbocycles. The first-order chi connectivity index (χ1) is 29.2. The molecule has 0 radical (unpaired) electrons. The van der Waals surface area contributed by atoms with E-state index in [-0.39, 0.29) is 0 Å². The maximum absolute atomic E-state index is 5.44. The van der Waals surface area contributed by atoms with Crippen LogP contribution in [0, 0.1) is 0 Å². The van der Waals surface area contributed by atoms with Crippen molar-refractivity contribution in [2.24, 2.45) is 0 Å². The number of nitrogens with zero attached hydrogens (tertiary/aromatic N) is 3. The summed E-state index contributed by atoms with van der Waals surface area (Å²) in [4.78, 5) is 10.9. The Labute approximate surface area is 341 Å². The number of para-hydroxylation sites is 2. The molecular formula is C56H35N3. The molecule has 59 heavy (non-hydrogen) atoms. The molecule has 0 spiro atoms. The molecule has 0 bridgehead atoms. The fourth-order valence-electron chi connectivity index (χ4n) is 9.23. The highest BCUT2D eigenvalue weighted by Gasteiger charge is 2.19. The average molecular weight is 750 g/mol. The van der Waals surface area contributed by atoms with Gasteiger partial charge >= 0.3 is 0 Å². The van der Waals surface area contributed by atoms with Crippen molar-refractivity contribution in [2.45, 2.75) is 0 Å². The summed E-state index contributed by atoms with van der Waals surface area (Å²) in [6.45, 7) is 0. The fraction of sp³-hybridized carbons (Fsp3) is 0. The van der Waals surface area contributed by atoms with Crippen molar-refractivity contribution < 1.29 is 0 Å². The lowest BCUT2D eigenvalue weighted by Gasteiger charge is -2.16. The summed E-state index contributed by atoms with van der Waals surface area (Å²) in [6.07, 6.45) is 0. The van der Waals surface area contributed by atoms with Crippen LogP contribution in [0.5, 0.6) is 0 Å². The number of aromatic nitrogens is 3. The Morgan fingerprint density at radius 3 is 1.05 bits per heavy atom. The second-order valence-corrected chi connectivity index (χ2v) is 15.3. The van der Waals surface area contributed by atoms with Crippen LogP contribution in [0.25, 0.3) is 116 Å². The number of hydrogen-bond donors (Lipinski definition) is 0. The molecule has 0 N–H and O–H groups in total. The Hall–Kier alpha value is -7.88. The van der Waals surface area contributed by atoms with Crippen molar-refractivity contribution in [1.29, 1.82) is 0 Å². The van der Waals surface area contributed by atoms with E-state index in [1.165, 1.54) is 64.9 Å². The lowest BCUT2D eigenvalue weighted by atomic mass is 9.92. The van der Waals surface area contributed by atoms with Gasteiger partial charge in [0, 0.05) is 33.2 Å². The van der Waals surface area contributed by atoms with Gasteiger partial charge in [-0.25, -0.2) is 9.97 Å². The van der Waals surface area contributed by atoms with Crippen LogP contribution in [-0.4, -0.2) is 14.5 Å². The smallest absolute Gasteiger partial charge is 0.160 e. The first-order valence-electron chi connectivity index (χ1n) is 20.2. The Bertz CT molecular complexity index is 3300. The molecule has 0 aliphatic rings. The van der Waals surface area contributed by atoms with Crippen LogP contribution in [-0.2, 0) is 0 Å². The van der Waals surface area contributed by atoms with E-state index in [4.69, 9.17) is 9.97 Å². The van der Waals surface area contributed by atoms with Gasteiger partial charge < -0.3 is 4.57 Å². The third kappa shape index (κ3) is 5.44. The zero-order valence-electron chi connectivity index (χ0n) is 32.0. The first kappa shape index (κ1) is 33.3.